The molecule has 1 aromatic rings. The number of rotatable bonds is 6. The summed E-state index contributed by atoms with van der Waals surface area (Å²) in [7, 11) is 0. The second-order valence-corrected chi connectivity index (χ2v) is 4.52. The minimum absolute atomic E-state index is 0.206. The van der Waals surface area contributed by atoms with Crippen LogP contribution in [0, 0.1) is 0 Å². The van der Waals surface area contributed by atoms with Gasteiger partial charge in [-0.1, -0.05) is 19.8 Å². The molecule has 0 saturated carbocycles. The van der Waals surface area contributed by atoms with Gasteiger partial charge in [0.2, 0.25) is 0 Å². The fourth-order valence-corrected chi connectivity index (χ4v) is 2.09. The average molecular weight is 222 g/mol. The van der Waals surface area contributed by atoms with Gasteiger partial charge in [-0.25, -0.2) is 0 Å². The number of ketones is 1. The first kappa shape index (κ1) is 12.2. The number of allylic oxidation sites excluding steroid dienone is 1. The van der Waals surface area contributed by atoms with Crippen LogP contribution in [0.5, 0.6) is 0 Å². The highest BCUT2D eigenvalue weighted by Crippen LogP contribution is 2.16. The Morgan fingerprint density at radius 1 is 1.47 bits per heavy atom. The average Bonchev–Trinajstić information content (AvgIpc) is 2.69. The highest BCUT2D eigenvalue weighted by atomic mass is 32.1. The Hall–Kier alpha value is -0.890. The summed E-state index contributed by atoms with van der Waals surface area (Å²) in [6.45, 7) is 3.83. The molecule has 0 aromatic carbocycles. The Labute approximate surface area is 95.8 Å². The molecule has 82 valence electrons. The summed E-state index contributed by atoms with van der Waals surface area (Å²) in [5.41, 5.74) is 2.11. The molecule has 2 heteroatoms. The highest BCUT2D eigenvalue weighted by molar-refractivity contribution is 7.08. The van der Waals surface area contributed by atoms with E-state index in [1.54, 1.807) is 18.3 Å². The second-order valence-electron chi connectivity index (χ2n) is 3.74. The van der Waals surface area contributed by atoms with Crippen molar-refractivity contribution in [3.8, 4) is 0 Å². The fraction of sp³-hybridized carbons (Fsp3) is 0.462. The maximum absolute atomic E-state index is 11.4. The normalized spacial score (nSPS) is 11.7. The number of hydrogen-bond acceptors (Lipinski definition) is 2. The molecule has 0 amide bonds. The predicted octanol–water partition coefficient (Wildman–Crippen LogP) is 4.30. The molecule has 15 heavy (non-hydrogen) atoms. The van der Waals surface area contributed by atoms with Crippen molar-refractivity contribution in [3.05, 3.63) is 28.0 Å². The lowest BCUT2D eigenvalue weighted by molar-refractivity contribution is -0.113. The zero-order valence-electron chi connectivity index (χ0n) is 9.45. The van der Waals surface area contributed by atoms with Crippen molar-refractivity contribution in [2.75, 3.05) is 0 Å². The van der Waals surface area contributed by atoms with Crippen LogP contribution >= 0.6 is 11.3 Å². The Balaban J connectivity index is 2.61. The quantitative estimate of drug-likeness (QED) is 0.518. The first-order valence-electron chi connectivity index (χ1n) is 5.47. The number of thiophene rings is 1. The second kappa shape index (κ2) is 6.57. The molecule has 1 heterocycles. The zero-order valence-corrected chi connectivity index (χ0v) is 10.3. The summed E-state index contributed by atoms with van der Waals surface area (Å²) in [5.74, 6) is 0.206. The predicted molar refractivity (Wildman–Crippen MR) is 67.1 cm³/mol. The molecule has 0 fully saturated rings. The number of Topliss-reactive ketones (excluding diaryl/α,β-unsaturated/α-hetero) is 1. The summed E-state index contributed by atoms with van der Waals surface area (Å²) in [5, 5.41) is 4.11. The molecule has 0 radical (unpaired) electrons. The number of carbonyl (C=O) groups is 1. The van der Waals surface area contributed by atoms with Crippen molar-refractivity contribution in [1.82, 2.24) is 0 Å². The first-order chi connectivity index (χ1) is 7.24. The molecule has 0 aliphatic carbocycles. The zero-order chi connectivity index (χ0) is 11.1. The Morgan fingerprint density at radius 3 is 2.80 bits per heavy atom. The fourth-order valence-electron chi connectivity index (χ4n) is 1.47. The third-order valence-corrected chi connectivity index (χ3v) is 3.09. The molecule has 0 bridgehead atoms. The minimum Gasteiger partial charge on any atom is -0.295 e. The molecule has 0 unspecified atom stereocenters. The number of unbranched alkanes of at least 4 members (excludes halogenated alkanes) is 2. The molecule has 0 atom stereocenters. The maximum atomic E-state index is 11.4. The molecule has 0 spiro atoms. The largest absolute Gasteiger partial charge is 0.295 e. The topological polar surface area (TPSA) is 17.1 Å². The molecule has 1 rings (SSSR count). The number of carbonyl (C=O) groups excluding carboxylic acids is 1. The summed E-state index contributed by atoms with van der Waals surface area (Å²) < 4.78 is 0. The Morgan fingerprint density at radius 2 is 2.27 bits per heavy atom. The summed E-state index contributed by atoms with van der Waals surface area (Å²) >= 11 is 1.67. The lowest BCUT2D eigenvalue weighted by Crippen LogP contribution is -1.96. The lowest BCUT2D eigenvalue weighted by atomic mass is 10.0. The van der Waals surface area contributed by atoms with Crippen molar-refractivity contribution in [3.63, 3.8) is 0 Å². The summed E-state index contributed by atoms with van der Waals surface area (Å²) in [6.07, 6.45) is 6.46. The molecule has 0 N–H and O–H groups in total. The van der Waals surface area contributed by atoms with E-state index >= 15 is 0 Å². The van der Waals surface area contributed by atoms with Gasteiger partial charge in [-0.3, -0.25) is 4.79 Å². The van der Waals surface area contributed by atoms with Crippen molar-refractivity contribution in [1.29, 1.82) is 0 Å². The highest BCUT2D eigenvalue weighted by Gasteiger charge is 2.03. The molecule has 1 aromatic heterocycles. The Bertz CT molecular complexity index is 322. The molecular formula is C13H18OS. The summed E-state index contributed by atoms with van der Waals surface area (Å²) in [4.78, 5) is 11.4. The molecule has 0 saturated heterocycles. The van der Waals surface area contributed by atoms with E-state index in [0.717, 1.165) is 24.0 Å². The monoisotopic (exact) mass is 222 g/mol. The van der Waals surface area contributed by atoms with Crippen LogP contribution in [0.3, 0.4) is 0 Å². The van der Waals surface area contributed by atoms with E-state index < -0.39 is 0 Å². The standard InChI is InChI=1S/C13H18OS/c1-3-4-5-6-13(11(2)14)9-12-7-8-15-10-12/h7-10H,3-6H2,1-2H3/b13-9+. The van der Waals surface area contributed by atoms with Gasteiger partial charge < -0.3 is 0 Å². The van der Waals surface area contributed by atoms with E-state index in [4.69, 9.17) is 0 Å². The molecule has 1 nitrogen and oxygen atoms in total. The third-order valence-electron chi connectivity index (χ3n) is 2.39. The number of hydrogen-bond donors (Lipinski definition) is 0. The molecular weight excluding hydrogens is 204 g/mol. The van der Waals surface area contributed by atoms with Crippen LogP contribution in [0.2, 0.25) is 0 Å². The van der Waals surface area contributed by atoms with Gasteiger partial charge in [0, 0.05) is 0 Å². The third kappa shape index (κ3) is 4.43. The van der Waals surface area contributed by atoms with E-state index in [9.17, 15) is 4.79 Å². The maximum Gasteiger partial charge on any atom is 0.155 e. The van der Waals surface area contributed by atoms with E-state index in [2.05, 4.69) is 12.3 Å². The van der Waals surface area contributed by atoms with E-state index in [-0.39, 0.29) is 5.78 Å². The van der Waals surface area contributed by atoms with Gasteiger partial charge in [-0.15, -0.1) is 0 Å². The minimum atomic E-state index is 0.206. The van der Waals surface area contributed by atoms with Gasteiger partial charge in [0.05, 0.1) is 0 Å². The van der Waals surface area contributed by atoms with E-state index in [0.29, 0.717) is 0 Å². The van der Waals surface area contributed by atoms with Crippen LogP contribution in [0.15, 0.2) is 22.4 Å². The molecule has 0 aliphatic heterocycles. The van der Waals surface area contributed by atoms with Gasteiger partial charge in [0.1, 0.15) is 0 Å². The SMILES string of the molecule is CCCCC/C(=C\c1ccsc1)C(C)=O. The van der Waals surface area contributed by atoms with E-state index in [1.807, 2.05) is 17.5 Å². The van der Waals surface area contributed by atoms with Gasteiger partial charge in [-0.2, -0.15) is 11.3 Å². The first-order valence-corrected chi connectivity index (χ1v) is 6.42. The van der Waals surface area contributed by atoms with Gasteiger partial charge in [-0.05, 0) is 53.8 Å². The smallest absolute Gasteiger partial charge is 0.155 e. The van der Waals surface area contributed by atoms with Crippen molar-refractivity contribution < 1.29 is 4.79 Å². The van der Waals surface area contributed by atoms with Crippen LogP contribution in [0.4, 0.5) is 0 Å². The van der Waals surface area contributed by atoms with Crippen LogP contribution in [-0.4, -0.2) is 5.78 Å². The van der Waals surface area contributed by atoms with Crippen LogP contribution < -0.4 is 0 Å². The van der Waals surface area contributed by atoms with Crippen molar-refractivity contribution in [2.24, 2.45) is 0 Å². The van der Waals surface area contributed by atoms with Crippen LogP contribution in [0.25, 0.3) is 6.08 Å². The molecule has 0 aliphatic rings. The van der Waals surface area contributed by atoms with Crippen molar-refractivity contribution >= 4 is 23.2 Å². The summed E-state index contributed by atoms with van der Waals surface area (Å²) in [6, 6.07) is 2.05. The van der Waals surface area contributed by atoms with Crippen LogP contribution in [0.1, 0.15) is 45.1 Å². The van der Waals surface area contributed by atoms with Gasteiger partial charge in [0.15, 0.2) is 5.78 Å². The van der Waals surface area contributed by atoms with Crippen molar-refractivity contribution in [2.45, 2.75) is 39.5 Å². The van der Waals surface area contributed by atoms with E-state index in [1.165, 1.54) is 12.8 Å². The van der Waals surface area contributed by atoms with Gasteiger partial charge >= 0.3 is 0 Å². The lowest BCUT2D eigenvalue weighted by Gasteiger charge is -2.02. The van der Waals surface area contributed by atoms with Gasteiger partial charge in [0.25, 0.3) is 0 Å². The van der Waals surface area contributed by atoms with Crippen LogP contribution in [-0.2, 0) is 4.79 Å². The Kier molecular flexibility index (Phi) is 5.33.